The summed E-state index contributed by atoms with van der Waals surface area (Å²) in [6.45, 7) is 3.08. The Labute approximate surface area is 119 Å². The number of carbonyl (C=O) groups excluding carboxylic acids is 1. The van der Waals surface area contributed by atoms with Gasteiger partial charge in [0.05, 0.1) is 24.2 Å². The van der Waals surface area contributed by atoms with Crippen molar-refractivity contribution in [1.82, 2.24) is 4.31 Å². The van der Waals surface area contributed by atoms with E-state index in [9.17, 15) is 13.2 Å². The molecule has 6 nitrogen and oxygen atoms in total. The van der Waals surface area contributed by atoms with Crippen LogP contribution < -0.4 is 0 Å². The molecule has 20 heavy (non-hydrogen) atoms. The molecule has 0 aliphatic rings. The van der Waals surface area contributed by atoms with Crippen LogP contribution in [-0.4, -0.2) is 50.1 Å². The van der Waals surface area contributed by atoms with Crippen molar-refractivity contribution in [2.24, 2.45) is 0 Å². The Morgan fingerprint density at radius 3 is 2.45 bits per heavy atom. The van der Waals surface area contributed by atoms with Crippen molar-refractivity contribution in [2.45, 2.75) is 24.8 Å². The molecular weight excluding hydrogens is 282 g/mol. The number of methoxy groups -OCH3 is 1. The minimum absolute atomic E-state index is 0.0152. The van der Waals surface area contributed by atoms with Gasteiger partial charge in [0.1, 0.15) is 0 Å². The summed E-state index contributed by atoms with van der Waals surface area (Å²) >= 11 is 0. The van der Waals surface area contributed by atoms with Crippen LogP contribution in [0.2, 0.25) is 0 Å². The van der Waals surface area contributed by atoms with E-state index in [1.54, 1.807) is 19.9 Å². The van der Waals surface area contributed by atoms with Gasteiger partial charge in [-0.25, -0.2) is 13.2 Å². The lowest BCUT2D eigenvalue weighted by atomic mass is 10.2. The summed E-state index contributed by atoms with van der Waals surface area (Å²) in [5, 5.41) is 9.02. The van der Waals surface area contributed by atoms with Crippen LogP contribution in [0.3, 0.4) is 0 Å². The first-order chi connectivity index (χ1) is 9.36. The number of benzene rings is 1. The van der Waals surface area contributed by atoms with Gasteiger partial charge in [0, 0.05) is 12.6 Å². The SMILES string of the molecule is COC(=O)c1ccccc1S(=O)(=O)N(CCO)C(C)C. The summed E-state index contributed by atoms with van der Waals surface area (Å²) in [4.78, 5) is 11.6. The van der Waals surface area contributed by atoms with Crippen molar-refractivity contribution >= 4 is 16.0 Å². The third-order valence-electron chi connectivity index (χ3n) is 2.78. The number of ether oxygens (including phenoxy) is 1. The van der Waals surface area contributed by atoms with Crippen molar-refractivity contribution in [3.8, 4) is 0 Å². The molecule has 7 heteroatoms. The van der Waals surface area contributed by atoms with Crippen molar-refractivity contribution in [3.63, 3.8) is 0 Å². The highest BCUT2D eigenvalue weighted by atomic mass is 32.2. The molecule has 1 aromatic carbocycles. The molecule has 112 valence electrons. The van der Waals surface area contributed by atoms with Gasteiger partial charge in [-0.15, -0.1) is 0 Å². The van der Waals surface area contributed by atoms with Crippen LogP contribution in [0.15, 0.2) is 29.2 Å². The van der Waals surface area contributed by atoms with Gasteiger partial charge in [-0.1, -0.05) is 12.1 Å². The highest BCUT2D eigenvalue weighted by molar-refractivity contribution is 7.89. The number of carbonyl (C=O) groups is 1. The monoisotopic (exact) mass is 301 g/mol. The number of hydrogen-bond donors (Lipinski definition) is 1. The van der Waals surface area contributed by atoms with Crippen molar-refractivity contribution in [1.29, 1.82) is 0 Å². The van der Waals surface area contributed by atoms with Gasteiger partial charge in [0.25, 0.3) is 0 Å². The van der Waals surface area contributed by atoms with E-state index in [1.807, 2.05) is 0 Å². The number of rotatable bonds is 6. The smallest absolute Gasteiger partial charge is 0.339 e. The summed E-state index contributed by atoms with van der Waals surface area (Å²) in [6.07, 6.45) is 0. The molecular formula is C13H19NO5S. The van der Waals surface area contributed by atoms with Crippen LogP contribution in [0.5, 0.6) is 0 Å². The van der Waals surface area contributed by atoms with E-state index in [1.165, 1.54) is 25.3 Å². The molecule has 0 saturated heterocycles. The molecule has 1 rings (SSSR count). The van der Waals surface area contributed by atoms with Crippen LogP contribution >= 0.6 is 0 Å². The van der Waals surface area contributed by atoms with Crippen molar-refractivity contribution in [3.05, 3.63) is 29.8 Å². The highest BCUT2D eigenvalue weighted by Crippen LogP contribution is 2.22. The molecule has 0 heterocycles. The largest absolute Gasteiger partial charge is 0.465 e. The van der Waals surface area contributed by atoms with E-state index in [4.69, 9.17) is 5.11 Å². The molecule has 0 fully saturated rings. The quantitative estimate of drug-likeness (QED) is 0.788. The first-order valence-electron chi connectivity index (χ1n) is 6.16. The number of sulfonamides is 1. The topological polar surface area (TPSA) is 83.9 Å². The van der Waals surface area contributed by atoms with E-state index in [-0.39, 0.29) is 29.7 Å². The first kappa shape index (κ1) is 16.6. The van der Waals surface area contributed by atoms with Gasteiger partial charge in [-0.05, 0) is 26.0 Å². The molecule has 0 amide bonds. The number of hydrogen-bond acceptors (Lipinski definition) is 5. The average molecular weight is 301 g/mol. The van der Waals surface area contributed by atoms with Gasteiger partial charge < -0.3 is 9.84 Å². The number of esters is 1. The maximum Gasteiger partial charge on any atom is 0.339 e. The molecule has 0 saturated carbocycles. The minimum atomic E-state index is -3.88. The molecule has 0 aliphatic carbocycles. The van der Waals surface area contributed by atoms with E-state index in [0.29, 0.717) is 0 Å². The minimum Gasteiger partial charge on any atom is -0.465 e. The standard InChI is InChI=1S/C13H19NO5S/c1-10(2)14(8-9-15)20(17,18)12-7-5-4-6-11(12)13(16)19-3/h4-7,10,15H,8-9H2,1-3H3. The Morgan fingerprint density at radius 1 is 1.35 bits per heavy atom. The second-order valence-electron chi connectivity index (χ2n) is 4.42. The summed E-state index contributed by atoms with van der Waals surface area (Å²) in [5.41, 5.74) is -0.0152. The first-order valence-corrected chi connectivity index (χ1v) is 7.60. The predicted molar refractivity (Wildman–Crippen MR) is 73.9 cm³/mol. The lowest BCUT2D eigenvalue weighted by molar-refractivity contribution is 0.0596. The summed E-state index contributed by atoms with van der Waals surface area (Å²) in [7, 11) is -2.68. The van der Waals surface area contributed by atoms with Crippen LogP contribution in [0, 0.1) is 0 Å². The third-order valence-corrected chi connectivity index (χ3v) is 4.91. The van der Waals surface area contributed by atoms with E-state index in [0.717, 1.165) is 4.31 Å². The fraction of sp³-hybridized carbons (Fsp3) is 0.462. The van der Waals surface area contributed by atoms with Gasteiger partial charge in [0.2, 0.25) is 10.0 Å². The van der Waals surface area contributed by atoms with E-state index >= 15 is 0 Å². The molecule has 1 N–H and O–H groups in total. The summed E-state index contributed by atoms with van der Waals surface area (Å²) in [5.74, 6) is -0.711. The molecule has 0 spiro atoms. The van der Waals surface area contributed by atoms with Crippen LogP contribution in [0.4, 0.5) is 0 Å². The average Bonchev–Trinajstić information content (AvgIpc) is 2.43. The Bertz CT molecular complexity index is 568. The number of nitrogens with zero attached hydrogens (tertiary/aromatic N) is 1. The van der Waals surface area contributed by atoms with Gasteiger partial charge in [-0.3, -0.25) is 0 Å². The van der Waals surface area contributed by atoms with Crippen LogP contribution in [0.1, 0.15) is 24.2 Å². The molecule has 1 aromatic rings. The van der Waals surface area contributed by atoms with E-state index in [2.05, 4.69) is 4.74 Å². The second kappa shape index (κ2) is 6.83. The van der Waals surface area contributed by atoms with Gasteiger partial charge >= 0.3 is 5.97 Å². The van der Waals surface area contributed by atoms with Crippen molar-refractivity contribution in [2.75, 3.05) is 20.3 Å². The van der Waals surface area contributed by atoms with Crippen molar-refractivity contribution < 1.29 is 23.1 Å². The molecule has 0 atom stereocenters. The normalized spacial score (nSPS) is 11.9. The maximum atomic E-state index is 12.6. The highest BCUT2D eigenvalue weighted by Gasteiger charge is 2.30. The van der Waals surface area contributed by atoms with Crippen LogP contribution in [-0.2, 0) is 14.8 Å². The molecule has 0 aromatic heterocycles. The van der Waals surface area contributed by atoms with Gasteiger partial charge in [0.15, 0.2) is 0 Å². The number of aliphatic hydroxyl groups excluding tert-OH is 1. The summed E-state index contributed by atoms with van der Waals surface area (Å²) < 4.78 is 31.0. The zero-order valence-corrected chi connectivity index (χ0v) is 12.6. The second-order valence-corrected chi connectivity index (χ2v) is 6.28. The third kappa shape index (κ3) is 3.36. The maximum absolute atomic E-state index is 12.6. The Morgan fingerprint density at radius 2 is 1.95 bits per heavy atom. The lowest BCUT2D eigenvalue weighted by Crippen LogP contribution is -2.39. The van der Waals surface area contributed by atoms with E-state index < -0.39 is 16.0 Å². The molecule has 0 unspecified atom stereocenters. The Balaban J connectivity index is 3.38. The predicted octanol–water partition coefficient (Wildman–Crippen LogP) is 0.865. The zero-order chi connectivity index (χ0) is 15.3. The molecule has 0 aliphatic heterocycles. The molecule has 0 radical (unpaired) electrons. The fourth-order valence-corrected chi connectivity index (χ4v) is 3.66. The van der Waals surface area contributed by atoms with Gasteiger partial charge in [-0.2, -0.15) is 4.31 Å². The van der Waals surface area contributed by atoms with Crippen LogP contribution in [0.25, 0.3) is 0 Å². The Hall–Kier alpha value is -1.44. The number of aliphatic hydroxyl groups is 1. The zero-order valence-electron chi connectivity index (χ0n) is 11.7. The lowest BCUT2D eigenvalue weighted by Gasteiger charge is -2.25. The molecule has 0 bridgehead atoms. The fourth-order valence-electron chi connectivity index (χ4n) is 1.85. The summed E-state index contributed by atoms with van der Waals surface area (Å²) in [6, 6.07) is 5.52. The Kier molecular flexibility index (Phi) is 5.67.